The summed E-state index contributed by atoms with van der Waals surface area (Å²) in [5.41, 5.74) is 8.70. The minimum atomic E-state index is 0.0409. The third kappa shape index (κ3) is 3.10. The first-order chi connectivity index (χ1) is 9.08. The first kappa shape index (κ1) is 13.1. The van der Waals surface area contributed by atoms with Crippen molar-refractivity contribution in [3.8, 4) is 0 Å². The Balaban J connectivity index is 2.25. The molecule has 98 valence electrons. The molecule has 0 saturated carbocycles. The van der Waals surface area contributed by atoms with Crippen LogP contribution in [0.1, 0.15) is 16.7 Å². The first-order valence-corrected chi connectivity index (χ1v) is 6.14. The minimum absolute atomic E-state index is 0.0409. The topological polar surface area (TPSA) is 66.0 Å². The molecule has 0 amide bonds. The van der Waals surface area contributed by atoms with Crippen molar-refractivity contribution in [1.82, 2.24) is 4.98 Å². The second kappa shape index (κ2) is 5.52. The zero-order valence-electron chi connectivity index (χ0n) is 11.2. The average molecular weight is 254 g/mol. The van der Waals surface area contributed by atoms with E-state index in [-0.39, 0.29) is 5.84 Å². The lowest BCUT2D eigenvalue weighted by molar-refractivity contribution is 0.894. The molecule has 1 aromatic carbocycles. The summed E-state index contributed by atoms with van der Waals surface area (Å²) in [4.78, 5) is 6.33. The van der Waals surface area contributed by atoms with Gasteiger partial charge in [-0.1, -0.05) is 29.8 Å². The maximum absolute atomic E-state index is 7.59. The normalized spacial score (nSPS) is 10.2. The highest BCUT2D eigenvalue weighted by molar-refractivity contribution is 5.99. The second-order valence-corrected chi connectivity index (χ2v) is 4.63. The Morgan fingerprint density at radius 2 is 2.11 bits per heavy atom. The van der Waals surface area contributed by atoms with Gasteiger partial charge in [-0.05, 0) is 24.6 Å². The molecular formula is C15H18N4. The number of pyridine rings is 1. The zero-order valence-corrected chi connectivity index (χ0v) is 11.2. The number of hydrogen-bond donors (Lipinski definition) is 2. The van der Waals surface area contributed by atoms with E-state index >= 15 is 0 Å². The summed E-state index contributed by atoms with van der Waals surface area (Å²) >= 11 is 0. The number of nitrogens with one attached hydrogen (secondary N) is 1. The van der Waals surface area contributed by atoms with Crippen LogP contribution in [0, 0.1) is 12.3 Å². The zero-order chi connectivity index (χ0) is 13.8. The molecule has 0 unspecified atom stereocenters. The predicted octanol–water partition coefficient (Wildman–Crippen LogP) is 2.31. The Morgan fingerprint density at radius 3 is 2.79 bits per heavy atom. The number of nitrogen functional groups attached to an aromatic ring is 1. The molecule has 0 aliphatic carbocycles. The largest absolute Gasteiger partial charge is 0.384 e. The SMILES string of the molecule is Cc1cccc(CN(C)c2ncccc2C(=N)N)c1. The first-order valence-electron chi connectivity index (χ1n) is 6.14. The second-order valence-electron chi connectivity index (χ2n) is 4.63. The van der Waals surface area contributed by atoms with E-state index in [4.69, 9.17) is 11.1 Å². The van der Waals surface area contributed by atoms with Crippen LogP contribution in [0.25, 0.3) is 0 Å². The van der Waals surface area contributed by atoms with E-state index in [9.17, 15) is 0 Å². The molecule has 0 atom stereocenters. The highest BCUT2D eigenvalue weighted by Crippen LogP contribution is 2.17. The van der Waals surface area contributed by atoms with E-state index in [0.29, 0.717) is 5.56 Å². The maximum atomic E-state index is 7.59. The van der Waals surface area contributed by atoms with Crippen LogP contribution in [0.2, 0.25) is 0 Å². The van der Waals surface area contributed by atoms with E-state index in [1.807, 2.05) is 24.1 Å². The molecule has 4 nitrogen and oxygen atoms in total. The van der Waals surface area contributed by atoms with Crippen LogP contribution < -0.4 is 10.6 Å². The monoisotopic (exact) mass is 254 g/mol. The van der Waals surface area contributed by atoms with Crippen LogP contribution in [-0.4, -0.2) is 17.9 Å². The Bertz CT molecular complexity index is 592. The molecule has 3 N–H and O–H groups in total. The third-order valence-electron chi connectivity index (χ3n) is 2.94. The van der Waals surface area contributed by atoms with E-state index in [1.54, 1.807) is 12.3 Å². The number of benzene rings is 1. The molecule has 2 rings (SSSR count). The Kier molecular flexibility index (Phi) is 3.80. The van der Waals surface area contributed by atoms with E-state index in [1.165, 1.54) is 11.1 Å². The van der Waals surface area contributed by atoms with Crippen molar-refractivity contribution < 1.29 is 0 Å². The van der Waals surface area contributed by atoms with E-state index < -0.39 is 0 Å². The standard InChI is InChI=1S/C15H18N4/c1-11-5-3-6-12(9-11)10-19(2)15-13(14(16)17)7-4-8-18-15/h3-9H,10H2,1-2H3,(H3,16,17). The molecule has 0 radical (unpaired) electrons. The molecule has 0 bridgehead atoms. The van der Waals surface area contributed by atoms with Gasteiger partial charge in [-0.2, -0.15) is 0 Å². The van der Waals surface area contributed by atoms with Gasteiger partial charge in [-0.15, -0.1) is 0 Å². The molecule has 1 aromatic heterocycles. The Labute approximate surface area is 113 Å². The average Bonchev–Trinajstić information content (AvgIpc) is 2.38. The molecule has 2 aromatic rings. The third-order valence-corrected chi connectivity index (χ3v) is 2.94. The molecular weight excluding hydrogens is 236 g/mol. The smallest absolute Gasteiger partial charge is 0.139 e. The van der Waals surface area contributed by atoms with Crippen molar-refractivity contribution in [2.24, 2.45) is 5.73 Å². The van der Waals surface area contributed by atoms with Gasteiger partial charge >= 0.3 is 0 Å². The van der Waals surface area contributed by atoms with Gasteiger partial charge in [0.15, 0.2) is 0 Å². The molecule has 0 aliphatic rings. The van der Waals surface area contributed by atoms with E-state index in [0.717, 1.165) is 12.4 Å². The number of aryl methyl sites for hydroxylation is 1. The van der Waals surface area contributed by atoms with Crippen molar-refractivity contribution in [3.05, 3.63) is 59.3 Å². The van der Waals surface area contributed by atoms with Gasteiger partial charge in [0.1, 0.15) is 11.7 Å². The van der Waals surface area contributed by atoms with Crippen LogP contribution >= 0.6 is 0 Å². The van der Waals surface area contributed by atoms with Crippen LogP contribution in [0.4, 0.5) is 5.82 Å². The van der Waals surface area contributed by atoms with Crippen molar-refractivity contribution in [2.75, 3.05) is 11.9 Å². The molecule has 0 aliphatic heterocycles. The molecule has 0 saturated heterocycles. The summed E-state index contributed by atoms with van der Waals surface area (Å²) in [6, 6.07) is 12.0. The number of amidine groups is 1. The van der Waals surface area contributed by atoms with Gasteiger partial charge in [0.05, 0.1) is 5.56 Å². The summed E-state index contributed by atoms with van der Waals surface area (Å²) in [5, 5.41) is 7.59. The highest BCUT2D eigenvalue weighted by atomic mass is 15.2. The van der Waals surface area contributed by atoms with Gasteiger partial charge in [0, 0.05) is 19.8 Å². The van der Waals surface area contributed by atoms with Crippen LogP contribution in [-0.2, 0) is 6.54 Å². The lowest BCUT2D eigenvalue weighted by atomic mass is 10.1. The fourth-order valence-electron chi connectivity index (χ4n) is 2.07. The number of aromatic nitrogens is 1. The Hall–Kier alpha value is -2.36. The van der Waals surface area contributed by atoms with Crippen LogP contribution in [0.3, 0.4) is 0 Å². The number of rotatable bonds is 4. The van der Waals surface area contributed by atoms with Crippen molar-refractivity contribution in [2.45, 2.75) is 13.5 Å². The highest BCUT2D eigenvalue weighted by Gasteiger charge is 2.11. The summed E-state index contributed by atoms with van der Waals surface area (Å²) < 4.78 is 0. The van der Waals surface area contributed by atoms with Crippen molar-refractivity contribution in [3.63, 3.8) is 0 Å². The number of nitrogens with zero attached hydrogens (tertiary/aromatic N) is 2. The molecule has 1 heterocycles. The van der Waals surface area contributed by atoms with Crippen LogP contribution in [0.15, 0.2) is 42.6 Å². The summed E-state index contributed by atoms with van der Waals surface area (Å²) in [5.74, 6) is 0.774. The molecule has 4 heteroatoms. The lowest BCUT2D eigenvalue weighted by Crippen LogP contribution is -2.23. The summed E-state index contributed by atoms with van der Waals surface area (Å²) in [7, 11) is 1.96. The minimum Gasteiger partial charge on any atom is -0.384 e. The van der Waals surface area contributed by atoms with Crippen LogP contribution in [0.5, 0.6) is 0 Å². The fraction of sp³-hybridized carbons (Fsp3) is 0.200. The molecule has 0 spiro atoms. The number of hydrogen-bond acceptors (Lipinski definition) is 3. The molecule has 0 fully saturated rings. The van der Waals surface area contributed by atoms with Gasteiger partial charge < -0.3 is 10.6 Å². The lowest BCUT2D eigenvalue weighted by Gasteiger charge is -2.21. The summed E-state index contributed by atoms with van der Waals surface area (Å²) in [6.45, 7) is 2.81. The molecule has 19 heavy (non-hydrogen) atoms. The maximum Gasteiger partial charge on any atom is 0.139 e. The van der Waals surface area contributed by atoms with Crippen molar-refractivity contribution >= 4 is 11.7 Å². The quantitative estimate of drug-likeness (QED) is 0.650. The Morgan fingerprint density at radius 1 is 1.32 bits per heavy atom. The predicted molar refractivity (Wildman–Crippen MR) is 78.5 cm³/mol. The summed E-state index contributed by atoms with van der Waals surface area (Å²) in [6.07, 6.45) is 1.72. The number of anilines is 1. The van der Waals surface area contributed by atoms with Crippen molar-refractivity contribution in [1.29, 1.82) is 5.41 Å². The fourth-order valence-corrected chi connectivity index (χ4v) is 2.07. The van der Waals surface area contributed by atoms with Gasteiger partial charge in [0.2, 0.25) is 0 Å². The van der Waals surface area contributed by atoms with Gasteiger partial charge in [-0.3, -0.25) is 5.41 Å². The van der Waals surface area contributed by atoms with Gasteiger partial charge in [-0.25, -0.2) is 4.98 Å². The number of nitrogens with two attached hydrogens (primary N) is 1. The van der Waals surface area contributed by atoms with E-state index in [2.05, 4.69) is 30.1 Å². The van der Waals surface area contributed by atoms with Gasteiger partial charge in [0.25, 0.3) is 0 Å².